The summed E-state index contributed by atoms with van der Waals surface area (Å²) in [4.78, 5) is 0. The van der Waals surface area contributed by atoms with Crippen molar-refractivity contribution < 1.29 is 0 Å². The predicted octanol–water partition coefficient (Wildman–Crippen LogP) is 4.80. The molecule has 0 aliphatic rings. The van der Waals surface area contributed by atoms with E-state index in [0.717, 1.165) is 9.50 Å². The van der Waals surface area contributed by atoms with Crippen LogP contribution in [-0.4, -0.2) is 7.05 Å². The number of nitrogens with one attached hydrogen (secondary N) is 1. The van der Waals surface area contributed by atoms with Crippen molar-refractivity contribution in [3.63, 3.8) is 0 Å². The molecule has 3 heteroatoms. The first-order chi connectivity index (χ1) is 7.63. The van der Waals surface area contributed by atoms with Gasteiger partial charge in [0.15, 0.2) is 0 Å². The van der Waals surface area contributed by atoms with Gasteiger partial charge in [-0.1, -0.05) is 44.4 Å². The van der Waals surface area contributed by atoms with Gasteiger partial charge in [0.2, 0.25) is 0 Å². The molecule has 16 heavy (non-hydrogen) atoms. The summed E-state index contributed by atoms with van der Waals surface area (Å²) < 4.78 is 0.956. The summed E-state index contributed by atoms with van der Waals surface area (Å²) in [5, 5.41) is 4.17. The van der Waals surface area contributed by atoms with Gasteiger partial charge in [-0.05, 0) is 46.6 Å². The second kappa shape index (κ2) is 6.63. The van der Waals surface area contributed by atoms with Gasteiger partial charge in [-0.2, -0.15) is 0 Å². The molecule has 1 unspecified atom stereocenters. The van der Waals surface area contributed by atoms with E-state index in [0.29, 0.717) is 12.0 Å². The van der Waals surface area contributed by atoms with E-state index in [2.05, 4.69) is 41.2 Å². The second-order valence-corrected chi connectivity index (χ2v) is 5.28. The number of hydrogen-bond donors (Lipinski definition) is 1. The average Bonchev–Trinajstić information content (AvgIpc) is 2.29. The Morgan fingerprint density at radius 2 is 1.94 bits per heavy atom. The van der Waals surface area contributed by atoms with Crippen LogP contribution in [0.25, 0.3) is 0 Å². The summed E-state index contributed by atoms with van der Waals surface area (Å²) in [6, 6.07) is 6.59. The Balaban J connectivity index is 2.98. The van der Waals surface area contributed by atoms with Crippen LogP contribution in [0, 0.1) is 5.92 Å². The van der Waals surface area contributed by atoms with E-state index >= 15 is 0 Å². The van der Waals surface area contributed by atoms with E-state index in [1.54, 1.807) is 0 Å². The Bertz CT molecular complexity index is 337. The number of benzene rings is 1. The van der Waals surface area contributed by atoms with Gasteiger partial charge >= 0.3 is 0 Å². The van der Waals surface area contributed by atoms with Crippen molar-refractivity contribution in [1.82, 2.24) is 5.32 Å². The summed E-state index contributed by atoms with van der Waals surface area (Å²) >= 11 is 9.55. The molecule has 1 aromatic rings. The second-order valence-electron chi connectivity index (χ2n) is 4.02. The van der Waals surface area contributed by atoms with Gasteiger partial charge in [-0.3, -0.25) is 0 Å². The van der Waals surface area contributed by atoms with Gasteiger partial charge in [-0.25, -0.2) is 0 Å². The Kier molecular flexibility index (Phi) is 5.81. The summed E-state index contributed by atoms with van der Waals surface area (Å²) in [5.41, 5.74) is 1.27. The minimum absolute atomic E-state index is 0.389. The molecule has 90 valence electrons. The fourth-order valence-electron chi connectivity index (χ4n) is 2.14. The molecule has 0 spiro atoms. The SMILES string of the molecule is CCC(CC)C(NC)c1ccc(Br)c(Cl)c1. The standard InChI is InChI=1S/C13H19BrClN/c1-4-9(5-2)13(16-3)10-6-7-11(14)12(15)8-10/h6-9,13,16H,4-5H2,1-3H3. The molecule has 1 atom stereocenters. The Morgan fingerprint density at radius 3 is 2.38 bits per heavy atom. The molecule has 1 nitrogen and oxygen atoms in total. The highest BCUT2D eigenvalue weighted by atomic mass is 79.9. The molecule has 0 aromatic heterocycles. The number of halogens is 2. The monoisotopic (exact) mass is 303 g/mol. The summed E-state index contributed by atoms with van der Waals surface area (Å²) in [7, 11) is 2.01. The zero-order valence-electron chi connectivity index (χ0n) is 10.1. The van der Waals surface area contributed by atoms with Crippen LogP contribution in [0.1, 0.15) is 38.3 Å². The van der Waals surface area contributed by atoms with E-state index in [1.165, 1.54) is 18.4 Å². The molecule has 0 fully saturated rings. The molecule has 0 heterocycles. The van der Waals surface area contributed by atoms with Gasteiger partial charge in [0, 0.05) is 10.5 Å². The van der Waals surface area contributed by atoms with Crippen LogP contribution in [-0.2, 0) is 0 Å². The first-order valence-corrected chi connectivity index (χ1v) is 6.93. The smallest absolute Gasteiger partial charge is 0.0551 e. The highest BCUT2D eigenvalue weighted by molar-refractivity contribution is 9.10. The van der Waals surface area contributed by atoms with Crippen molar-refractivity contribution in [2.45, 2.75) is 32.7 Å². The van der Waals surface area contributed by atoms with Crippen LogP contribution in [0.3, 0.4) is 0 Å². The lowest BCUT2D eigenvalue weighted by atomic mass is 9.89. The van der Waals surface area contributed by atoms with E-state index in [4.69, 9.17) is 11.6 Å². The lowest BCUT2D eigenvalue weighted by Gasteiger charge is -2.25. The van der Waals surface area contributed by atoms with Crippen molar-refractivity contribution in [3.05, 3.63) is 33.3 Å². The largest absolute Gasteiger partial charge is 0.313 e. The van der Waals surface area contributed by atoms with Crippen LogP contribution in [0.2, 0.25) is 5.02 Å². The zero-order chi connectivity index (χ0) is 12.1. The third-order valence-electron chi connectivity index (χ3n) is 3.13. The highest BCUT2D eigenvalue weighted by Crippen LogP contribution is 2.31. The Morgan fingerprint density at radius 1 is 1.31 bits per heavy atom. The third kappa shape index (κ3) is 3.22. The van der Waals surface area contributed by atoms with Crippen molar-refractivity contribution in [3.8, 4) is 0 Å². The molecule has 0 radical (unpaired) electrons. The fourth-order valence-corrected chi connectivity index (χ4v) is 2.58. The van der Waals surface area contributed by atoms with Gasteiger partial charge in [0.05, 0.1) is 5.02 Å². The molecular weight excluding hydrogens is 286 g/mol. The third-order valence-corrected chi connectivity index (χ3v) is 4.37. The van der Waals surface area contributed by atoms with Gasteiger partial charge in [0.1, 0.15) is 0 Å². The molecule has 0 aliphatic carbocycles. The average molecular weight is 305 g/mol. The van der Waals surface area contributed by atoms with Crippen LogP contribution in [0.15, 0.2) is 22.7 Å². The lowest BCUT2D eigenvalue weighted by Crippen LogP contribution is -2.24. The first kappa shape index (κ1) is 14.0. The zero-order valence-corrected chi connectivity index (χ0v) is 12.4. The lowest BCUT2D eigenvalue weighted by molar-refractivity contribution is 0.359. The van der Waals surface area contributed by atoms with E-state index in [-0.39, 0.29) is 0 Å². The molecule has 1 N–H and O–H groups in total. The molecule has 0 amide bonds. The van der Waals surface area contributed by atoms with Crippen LogP contribution in [0.4, 0.5) is 0 Å². The maximum atomic E-state index is 6.13. The molecular formula is C13H19BrClN. The minimum Gasteiger partial charge on any atom is -0.313 e. The van der Waals surface area contributed by atoms with Gasteiger partial charge < -0.3 is 5.32 Å². The minimum atomic E-state index is 0.389. The molecule has 1 rings (SSSR count). The topological polar surface area (TPSA) is 12.0 Å². The molecule has 0 aliphatic heterocycles. The molecule has 1 aromatic carbocycles. The first-order valence-electron chi connectivity index (χ1n) is 5.76. The Hall–Kier alpha value is -0.0500. The highest BCUT2D eigenvalue weighted by Gasteiger charge is 2.18. The molecule has 0 saturated heterocycles. The predicted molar refractivity (Wildman–Crippen MR) is 75.0 cm³/mol. The normalized spacial score (nSPS) is 13.1. The summed E-state index contributed by atoms with van der Waals surface area (Å²) in [6.45, 7) is 4.47. The maximum Gasteiger partial charge on any atom is 0.0551 e. The van der Waals surface area contributed by atoms with Gasteiger partial charge in [-0.15, -0.1) is 0 Å². The van der Waals surface area contributed by atoms with Crippen molar-refractivity contribution in [2.24, 2.45) is 5.92 Å². The number of rotatable bonds is 5. The van der Waals surface area contributed by atoms with Crippen molar-refractivity contribution in [2.75, 3.05) is 7.05 Å². The van der Waals surface area contributed by atoms with Crippen molar-refractivity contribution >= 4 is 27.5 Å². The summed E-state index contributed by atoms with van der Waals surface area (Å²) in [5.74, 6) is 0.655. The van der Waals surface area contributed by atoms with Crippen LogP contribution >= 0.6 is 27.5 Å². The van der Waals surface area contributed by atoms with Gasteiger partial charge in [0.25, 0.3) is 0 Å². The maximum absolute atomic E-state index is 6.13. The fraction of sp³-hybridized carbons (Fsp3) is 0.538. The summed E-state index contributed by atoms with van der Waals surface area (Å²) in [6.07, 6.45) is 2.35. The van der Waals surface area contributed by atoms with Crippen LogP contribution < -0.4 is 5.32 Å². The van der Waals surface area contributed by atoms with E-state index in [1.807, 2.05) is 19.2 Å². The molecule has 0 bridgehead atoms. The Labute approximate surface area is 112 Å². The van der Waals surface area contributed by atoms with Crippen LogP contribution in [0.5, 0.6) is 0 Å². The quantitative estimate of drug-likeness (QED) is 0.824. The van der Waals surface area contributed by atoms with E-state index in [9.17, 15) is 0 Å². The van der Waals surface area contributed by atoms with E-state index < -0.39 is 0 Å². The number of hydrogen-bond acceptors (Lipinski definition) is 1. The van der Waals surface area contributed by atoms with Crippen molar-refractivity contribution in [1.29, 1.82) is 0 Å². The molecule has 0 saturated carbocycles.